The van der Waals surface area contributed by atoms with Crippen molar-refractivity contribution < 1.29 is 9.53 Å². The van der Waals surface area contributed by atoms with Crippen molar-refractivity contribution in [3.8, 4) is 5.75 Å². The molecule has 0 aromatic heterocycles. The molecule has 98 valence electrons. The summed E-state index contributed by atoms with van der Waals surface area (Å²) in [7, 11) is 0. The van der Waals surface area contributed by atoms with Crippen molar-refractivity contribution in [2.45, 2.75) is 19.3 Å². The van der Waals surface area contributed by atoms with Gasteiger partial charge in [0, 0.05) is 17.4 Å². The fourth-order valence-electron chi connectivity index (χ4n) is 2.17. The van der Waals surface area contributed by atoms with E-state index in [1.807, 2.05) is 12.1 Å². The third-order valence-electron chi connectivity index (χ3n) is 3.21. The van der Waals surface area contributed by atoms with E-state index in [1.165, 1.54) is 0 Å². The van der Waals surface area contributed by atoms with E-state index in [-0.39, 0.29) is 5.92 Å². The minimum Gasteiger partial charge on any atom is -0.493 e. The third-order valence-corrected chi connectivity index (χ3v) is 3.44. The van der Waals surface area contributed by atoms with Crippen LogP contribution >= 0.6 is 11.6 Å². The van der Waals surface area contributed by atoms with Crippen molar-refractivity contribution >= 4 is 17.4 Å². The first-order valence-corrected chi connectivity index (χ1v) is 6.75. The highest BCUT2D eigenvalue weighted by Crippen LogP contribution is 2.18. The number of ketones is 1. The highest BCUT2D eigenvalue weighted by Gasteiger charge is 2.20. The van der Waals surface area contributed by atoms with Gasteiger partial charge in [0.25, 0.3) is 0 Å². The minimum atomic E-state index is 0.217. The lowest BCUT2D eigenvalue weighted by Crippen LogP contribution is -2.32. The Kier molecular flexibility index (Phi) is 5.02. The SMILES string of the molecule is O=C(CCOc1cccc(Cl)c1)C1CCNCC1. The molecule has 1 saturated heterocycles. The van der Waals surface area contributed by atoms with Crippen LogP contribution in [0.1, 0.15) is 19.3 Å². The van der Waals surface area contributed by atoms with Crippen molar-refractivity contribution in [1.82, 2.24) is 5.32 Å². The van der Waals surface area contributed by atoms with Crippen molar-refractivity contribution in [2.75, 3.05) is 19.7 Å². The lowest BCUT2D eigenvalue weighted by molar-refractivity contribution is -0.124. The Hall–Kier alpha value is -1.06. The number of rotatable bonds is 5. The molecule has 0 radical (unpaired) electrons. The number of hydrogen-bond acceptors (Lipinski definition) is 3. The molecule has 0 amide bonds. The lowest BCUT2D eigenvalue weighted by atomic mass is 9.92. The summed E-state index contributed by atoms with van der Waals surface area (Å²) in [5.74, 6) is 1.26. The smallest absolute Gasteiger partial charge is 0.139 e. The standard InChI is InChI=1S/C14H18ClNO2/c15-12-2-1-3-13(10-12)18-9-6-14(17)11-4-7-16-8-5-11/h1-3,10-11,16H,4-9H2. The van der Waals surface area contributed by atoms with E-state index in [2.05, 4.69) is 5.32 Å². The van der Waals surface area contributed by atoms with Gasteiger partial charge in [0.1, 0.15) is 11.5 Å². The molecule has 1 aliphatic rings. The zero-order valence-corrected chi connectivity index (χ0v) is 11.1. The number of benzene rings is 1. The number of halogens is 1. The van der Waals surface area contributed by atoms with Gasteiger partial charge in [-0.15, -0.1) is 0 Å². The summed E-state index contributed by atoms with van der Waals surface area (Å²) in [6.45, 7) is 2.33. The molecule has 1 N–H and O–H groups in total. The largest absolute Gasteiger partial charge is 0.493 e. The summed E-state index contributed by atoms with van der Waals surface area (Å²) in [6.07, 6.45) is 2.39. The van der Waals surface area contributed by atoms with E-state index in [4.69, 9.17) is 16.3 Å². The first-order chi connectivity index (χ1) is 8.75. The Balaban J connectivity index is 1.73. The van der Waals surface area contributed by atoms with Crippen LogP contribution in [0.15, 0.2) is 24.3 Å². The van der Waals surface area contributed by atoms with Crippen LogP contribution < -0.4 is 10.1 Å². The monoisotopic (exact) mass is 267 g/mol. The molecular formula is C14H18ClNO2. The number of piperidine rings is 1. The average Bonchev–Trinajstić information content (AvgIpc) is 2.40. The van der Waals surface area contributed by atoms with Crippen LogP contribution in [-0.4, -0.2) is 25.5 Å². The summed E-state index contributed by atoms with van der Waals surface area (Å²) >= 11 is 5.85. The van der Waals surface area contributed by atoms with Crippen LogP contribution in [0.2, 0.25) is 5.02 Å². The molecule has 0 saturated carbocycles. The van der Waals surface area contributed by atoms with Crippen LogP contribution in [0.5, 0.6) is 5.75 Å². The second kappa shape index (κ2) is 6.76. The molecule has 1 aliphatic heterocycles. The minimum absolute atomic E-state index is 0.217. The molecule has 1 fully saturated rings. The second-order valence-electron chi connectivity index (χ2n) is 4.55. The predicted molar refractivity (Wildman–Crippen MR) is 72.2 cm³/mol. The predicted octanol–water partition coefficient (Wildman–Crippen LogP) is 2.68. The van der Waals surface area contributed by atoms with Gasteiger partial charge in [0.2, 0.25) is 0 Å². The van der Waals surface area contributed by atoms with Gasteiger partial charge in [-0.3, -0.25) is 4.79 Å². The molecular weight excluding hydrogens is 250 g/mol. The van der Waals surface area contributed by atoms with Crippen LogP contribution in [0.3, 0.4) is 0 Å². The van der Waals surface area contributed by atoms with E-state index in [0.29, 0.717) is 23.8 Å². The summed E-state index contributed by atoms with van der Waals surface area (Å²) < 4.78 is 5.53. The molecule has 1 aromatic carbocycles. The third kappa shape index (κ3) is 4.00. The molecule has 1 heterocycles. The van der Waals surface area contributed by atoms with E-state index in [9.17, 15) is 4.79 Å². The maximum atomic E-state index is 11.9. The number of nitrogens with one attached hydrogen (secondary N) is 1. The van der Waals surface area contributed by atoms with Crippen LogP contribution in [0.25, 0.3) is 0 Å². The Morgan fingerprint density at radius 3 is 2.89 bits per heavy atom. The topological polar surface area (TPSA) is 38.3 Å². The fraction of sp³-hybridized carbons (Fsp3) is 0.500. The molecule has 0 unspecified atom stereocenters. The Morgan fingerprint density at radius 1 is 1.39 bits per heavy atom. The molecule has 0 bridgehead atoms. The van der Waals surface area contributed by atoms with Crippen molar-refractivity contribution in [3.05, 3.63) is 29.3 Å². The number of carbonyl (C=O) groups excluding carboxylic acids is 1. The zero-order valence-electron chi connectivity index (χ0n) is 10.3. The molecule has 2 rings (SSSR count). The van der Waals surface area contributed by atoms with Gasteiger partial charge in [0.05, 0.1) is 6.61 Å². The van der Waals surface area contributed by atoms with Gasteiger partial charge >= 0.3 is 0 Å². The second-order valence-corrected chi connectivity index (χ2v) is 4.98. The Morgan fingerprint density at radius 2 is 2.17 bits per heavy atom. The first kappa shape index (κ1) is 13.4. The summed E-state index contributed by atoms with van der Waals surface area (Å²) in [4.78, 5) is 11.9. The quantitative estimate of drug-likeness (QED) is 0.891. The van der Waals surface area contributed by atoms with E-state index in [0.717, 1.165) is 31.7 Å². The van der Waals surface area contributed by atoms with Gasteiger partial charge in [0.15, 0.2) is 0 Å². The maximum absolute atomic E-state index is 11.9. The average molecular weight is 268 g/mol. The Bertz CT molecular complexity index is 403. The van der Waals surface area contributed by atoms with Crippen molar-refractivity contribution in [1.29, 1.82) is 0 Å². The molecule has 3 nitrogen and oxygen atoms in total. The maximum Gasteiger partial charge on any atom is 0.139 e. The number of carbonyl (C=O) groups is 1. The molecule has 0 spiro atoms. The zero-order chi connectivity index (χ0) is 12.8. The number of hydrogen-bond donors (Lipinski definition) is 1. The van der Waals surface area contributed by atoms with E-state index < -0.39 is 0 Å². The van der Waals surface area contributed by atoms with Crippen molar-refractivity contribution in [3.63, 3.8) is 0 Å². The van der Waals surface area contributed by atoms with Crippen LogP contribution in [0, 0.1) is 5.92 Å². The van der Waals surface area contributed by atoms with Gasteiger partial charge in [-0.2, -0.15) is 0 Å². The molecule has 4 heteroatoms. The van der Waals surface area contributed by atoms with E-state index in [1.54, 1.807) is 12.1 Å². The first-order valence-electron chi connectivity index (χ1n) is 6.37. The van der Waals surface area contributed by atoms with Gasteiger partial charge in [-0.25, -0.2) is 0 Å². The normalized spacial score (nSPS) is 16.5. The number of Topliss-reactive ketones (excluding diaryl/α,β-unsaturated/α-hetero) is 1. The summed E-state index contributed by atoms with van der Waals surface area (Å²) in [5.41, 5.74) is 0. The lowest BCUT2D eigenvalue weighted by Gasteiger charge is -2.21. The summed E-state index contributed by atoms with van der Waals surface area (Å²) in [6, 6.07) is 7.25. The van der Waals surface area contributed by atoms with Crippen LogP contribution in [0.4, 0.5) is 0 Å². The highest BCUT2D eigenvalue weighted by atomic mass is 35.5. The Labute approximate surface area is 112 Å². The molecule has 0 atom stereocenters. The van der Waals surface area contributed by atoms with Crippen molar-refractivity contribution in [2.24, 2.45) is 5.92 Å². The van der Waals surface area contributed by atoms with Gasteiger partial charge < -0.3 is 10.1 Å². The number of ether oxygens (including phenoxy) is 1. The highest BCUT2D eigenvalue weighted by molar-refractivity contribution is 6.30. The van der Waals surface area contributed by atoms with Gasteiger partial charge in [-0.05, 0) is 44.1 Å². The fourth-order valence-corrected chi connectivity index (χ4v) is 2.35. The van der Waals surface area contributed by atoms with Gasteiger partial charge in [-0.1, -0.05) is 17.7 Å². The molecule has 1 aromatic rings. The summed E-state index contributed by atoms with van der Waals surface area (Å²) in [5, 5.41) is 3.91. The van der Waals surface area contributed by atoms with Crippen LogP contribution in [-0.2, 0) is 4.79 Å². The molecule has 0 aliphatic carbocycles. The molecule has 18 heavy (non-hydrogen) atoms. The van der Waals surface area contributed by atoms with E-state index >= 15 is 0 Å².